The van der Waals surface area contributed by atoms with Gasteiger partial charge in [0.25, 0.3) is 11.1 Å². The topological polar surface area (TPSA) is 55.2 Å². The molecule has 2 amide bonds. The van der Waals surface area contributed by atoms with Gasteiger partial charge in [0.2, 0.25) is 0 Å². The van der Waals surface area contributed by atoms with Gasteiger partial charge in [-0.25, -0.2) is 4.98 Å². The van der Waals surface area contributed by atoms with Gasteiger partial charge in [-0.05, 0) is 61.9 Å². The zero-order chi connectivity index (χ0) is 17.3. The number of rotatable bonds is 4. The van der Waals surface area contributed by atoms with Gasteiger partial charge in [-0.2, -0.15) is 0 Å². The van der Waals surface area contributed by atoms with Crippen LogP contribution in [-0.2, 0) is 4.79 Å². The Morgan fingerprint density at radius 2 is 2.04 bits per heavy atom. The highest BCUT2D eigenvalue weighted by atomic mass is 32.2. The third kappa shape index (κ3) is 2.89. The van der Waals surface area contributed by atoms with E-state index in [4.69, 9.17) is 0 Å². The van der Waals surface area contributed by atoms with E-state index >= 15 is 0 Å². The number of thioether (sulfide) groups is 1. The summed E-state index contributed by atoms with van der Waals surface area (Å²) in [6, 6.07) is 7.77. The number of nitrogens with zero attached hydrogens (tertiary/aromatic N) is 3. The minimum absolute atomic E-state index is 0.188. The zero-order valence-corrected chi connectivity index (χ0v) is 14.8. The van der Waals surface area contributed by atoms with Gasteiger partial charge in [0.15, 0.2) is 0 Å². The van der Waals surface area contributed by atoms with Crippen molar-refractivity contribution in [3.8, 4) is 5.82 Å². The normalized spacial score (nSPS) is 16.5. The molecule has 24 heavy (non-hydrogen) atoms. The number of carbonyl (C=O) groups is 2. The fourth-order valence-corrected chi connectivity index (χ4v) is 3.69. The molecule has 0 aromatic carbocycles. The Balaban J connectivity index is 1.98. The number of aromatic nitrogens is 2. The smallest absolute Gasteiger partial charge is 0.293 e. The van der Waals surface area contributed by atoms with Gasteiger partial charge < -0.3 is 4.57 Å². The molecule has 3 heterocycles. The van der Waals surface area contributed by atoms with Crippen LogP contribution in [0.15, 0.2) is 35.4 Å². The summed E-state index contributed by atoms with van der Waals surface area (Å²) < 4.78 is 2.04. The second-order valence-electron chi connectivity index (χ2n) is 5.68. The van der Waals surface area contributed by atoms with Crippen LogP contribution in [0.5, 0.6) is 0 Å². The highest BCUT2D eigenvalue weighted by Crippen LogP contribution is 2.33. The molecule has 6 heteroatoms. The van der Waals surface area contributed by atoms with Crippen LogP contribution in [0, 0.1) is 13.8 Å². The van der Waals surface area contributed by atoms with E-state index in [0.717, 1.165) is 41.0 Å². The maximum atomic E-state index is 12.4. The van der Waals surface area contributed by atoms with Gasteiger partial charge in [0, 0.05) is 24.1 Å². The summed E-state index contributed by atoms with van der Waals surface area (Å²) in [7, 11) is 0. The Labute approximate surface area is 145 Å². The summed E-state index contributed by atoms with van der Waals surface area (Å²) in [5.41, 5.74) is 2.96. The number of hydrogen-bond donors (Lipinski definition) is 0. The van der Waals surface area contributed by atoms with Gasteiger partial charge in [0.1, 0.15) is 5.82 Å². The molecule has 0 N–H and O–H groups in total. The molecular weight excluding hydrogens is 322 g/mol. The van der Waals surface area contributed by atoms with E-state index in [2.05, 4.69) is 4.98 Å². The highest BCUT2D eigenvalue weighted by Gasteiger charge is 2.34. The number of carbonyl (C=O) groups excluding carboxylic acids is 2. The molecule has 1 aliphatic heterocycles. The van der Waals surface area contributed by atoms with E-state index in [1.165, 1.54) is 4.90 Å². The molecule has 124 valence electrons. The highest BCUT2D eigenvalue weighted by molar-refractivity contribution is 8.18. The molecule has 0 radical (unpaired) electrons. The van der Waals surface area contributed by atoms with Crippen molar-refractivity contribution in [3.05, 3.63) is 52.3 Å². The quantitative estimate of drug-likeness (QED) is 0.791. The molecule has 0 aliphatic carbocycles. The molecule has 0 spiro atoms. The monoisotopic (exact) mass is 341 g/mol. The maximum absolute atomic E-state index is 12.4. The summed E-state index contributed by atoms with van der Waals surface area (Å²) in [5, 5.41) is -0.188. The Bertz CT molecular complexity index is 824. The number of aryl methyl sites for hydroxylation is 1. The minimum Gasteiger partial charge on any atom is -0.303 e. The molecule has 0 bridgehead atoms. The number of imide groups is 1. The van der Waals surface area contributed by atoms with Crippen molar-refractivity contribution in [1.29, 1.82) is 0 Å². The number of pyridine rings is 1. The molecule has 0 unspecified atom stereocenters. The second-order valence-corrected chi connectivity index (χ2v) is 6.68. The first-order chi connectivity index (χ1) is 11.5. The molecule has 0 saturated carbocycles. The van der Waals surface area contributed by atoms with Crippen molar-refractivity contribution in [2.45, 2.75) is 27.2 Å². The molecule has 5 nitrogen and oxygen atoms in total. The van der Waals surface area contributed by atoms with Crippen molar-refractivity contribution >= 4 is 29.0 Å². The molecule has 1 fully saturated rings. The third-order valence-electron chi connectivity index (χ3n) is 3.96. The van der Waals surface area contributed by atoms with Gasteiger partial charge in [-0.3, -0.25) is 14.5 Å². The first kappa shape index (κ1) is 16.5. The number of hydrogen-bond acceptors (Lipinski definition) is 4. The molecule has 0 atom stereocenters. The lowest BCUT2D eigenvalue weighted by atomic mass is 10.2. The zero-order valence-electron chi connectivity index (χ0n) is 13.9. The van der Waals surface area contributed by atoms with Crippen molar-refractivity contribution in [2.24, 2.45) is 0 Å². The van der Waals surface area contributed by atoms with Crippen LogP contribution in [-0.4, -0.2) is 32.1 Å². The van der Waals surface area contributed by atoms with Crippen LogP contribution in [0.1, 0.15) is 30.3 Å². The van der Waals surface area contributed by atoms with Gasteiger partial charge in [-0.1, -0.05) is 13.0 Å². The van der Waals surface area contributed by atoms with Crippen LogP contribution < -0.4 is 0 Å². The predicted octanol–water partition coefficient (Wildman–Crippen LogP) is 3.94. The van der Waals surface area contributed by atoms with E-state index < -0.39 is 0 Å². The average molecular weight is 341 g/mol. The Morgan fingerprint density at radius 1 is 1.25 bits per heavy atom. The predicted molar refractivity (Wildman–Crippen MR) is 96.0 cm³/mol. The average Bonchev–Trinajstić information content (AvgIpc) is 2.99. The van der Waals surface area contributed by atoms with Gasteiger partial charge in [0.05, 0.1) is 4.91 Å². The number of amides is 2. The molecule has 2 aromatic rings. The summed E-state index contributed by atoms with van der Waals surface area (Å²) in [4.78, 5) is 30.5. The van der Waals surface area contributed by atoms with Crippen molar-refractivity contribution in [1.82, 2.24) is 14.5 Å². The van der Waals surface area contributed by atoms with Gasteiger partial charge in [-0.15, -0.1) is 0 Å². The Hall–Kier alpha value is -2.34. The lowest BCUT2D eigenvalue weighted by molar-refractivity contribution is -0.122. The summed E-state index contributed by atoms with van der Waals surface area (Å²) in [6.07, 6.45) is 4.33. The Morgan fingerprint density at radius 3 is 2.71 bits per heavy atom. The minimum atomic E-state index is -0.200. The largest absolute Gasteiger partial charge is 0.303 e. The van der Waals surface area contributed by atoms with E-state index in [0.29, 0.717) is 11.4 Å². The maximum Gasteiger partial charge on any atom is 0.293 e. The first-order valence-electron chi connectivity index (χ1n) is 7.88. The molecule has 1 aliphatic rings. The van der Waals surface area contributed by atoms with E-state index in [1.54, 1.807) is 6.20 Å². The van der Waals surface area contributed by atoms with Crippen molar-refractivity contribution < 1.29 is 9.59 Å². The molecule has 3 rings (SSSR count). The summed E-state index contributed by atoms with van der Waals surface area (Å²) in [6.45, 7) is 6.41. The summed E-state index contributed by atoms with van der Waals surface area (Å²) in [5.74, 6) is 0.640. The second kappa shape index (κ2) is 6.65. The molecule has 1 saturated heterocycles. The lowest BCUT2D eigenvalue weighted by Crippen LogP contribution is -2.28. The Kier molecular flexibility index (Phi) is 4.57. The lowest BCUT2D eigenvalue weighted by Gasteiger charge is -2.09. The van der Waals surface area contributed by atoms with Crippen molar-refractivity contribution in [2.75, 3.05) is 6.54 Å². The molecule has 2 aromatic heterocycles. The summed E-state index contributed by atoms with van der Waals surface area (Å²) >= 11 is 1.01. The van der Waals surface area contributed by atoms with Crippen LogP contribution in [0.3, 0.4) is 0 Å². The fourth-order valence-electron chi connectivity index (χ4n) is 2.83. The molecular formula is C18H19N3O2S. The van der Waals surface area contributed by atoms with Crippen LogP contribution >= 0.6 is 11.8 Å². The van der Waals surface area contributed by atoms with Gasteiger partial charge >= 0.3 is 0 Å². The SMILES string of the molecule is CCCN1C(=O)S/C(=C/c2cc(C)n(-c3ccccn3)c2C)C1=O. The van der Waals surface area contributed by atoms with E-state index in [-0.39, 0.29) is 11.1 Å². The van der Waals surface area contributed by atoms with Crippen LogP contribution in [0.25, 0.3) is 11.9 Å². The third-order valence-corrected chi connectivity index (χ3v) is 4.86. The van der Waals surface area contributed by atoms with Crippen molar-refractivity contribution in [3.63, 3.8) is 0 Å². The fraction of sp³-hybridized carbons (Fsp3) is 0.278. The van der Waals surface area contributed by atoms with Crippen LogP contribution in [0.2, 0.25) is 0 Å². The standard InChI is InChI=1S/C18H19N3O2S/c1-4-9-20-17(22)15(24-18(20)23)11-14-10-12(2)21(13(14)3)16-7-5-6-8-19-16/h5-8,10-11H,4,9H2,1-3H3/b15-11+. The van der Waals surface area contributed by atoms with Crippen LogP contribution in [0.4, 0.5) is 4.79 Å². The van der Waals surface area contributed by atoms with E-state index in [1.807, 2.05) is 55.7 Å². The first-order valence-corrected chi connectivity index (χ1v) is 8.70. The van der Waals surface area contributed by atoms with E-state index in [9.17, 15) is 9.59 Å².